The van der Waals surface area contributed by atoms with Crippen molar-refractivity contribution in [2.75, 3.05) is 21.3 Å². The Kier molecular flexibility index (Phi) is 6.38. The number of fused-ring (bicyclic) bond motifs is 2. The second-order valence-corrected chi connectivity index (χ2v) is 14.0. The number of hydrogen-bond donors (Lipinski definition) is 1. The molecule has 1 fully saturated rings. The van der Waals surface area contributed by atoms with E-state index in [1.807, 2.05) is 122 Å². The van der Waals surface area contributed by atoms with E-state index in [0.29, 0.717) is 36.2 Å². The van der Waals surface area contributed by atoms with Crippen LogP contribution in [0.3, 0.4) is 0 Å². The lowest BCUT2D eigenvalue weighted by atomic mass is 9.82. The molecule has 0 aromatic heterocycles. The minimum Gasteiger partial charge on any atom is -0.396 e. The van der Waals surface area contributed by atoms with Gasteiger partial charge in [0.15, 0.2) is 5.60 Å². The second kappa shape index (κ2) is 10.8. The number of benzene rings is 6. The van der Waals surface area contributed by atoms with Crippen molar-refractivity contribution >= 4 is 67.7 Å². The van der Waals surface area contributed by atoms with Crippen molar-refractivity contribution in [1.29, 1.82) is 0 Å². The van der Waals surface area contributed by atoms with Crippen molar-refractivity contribution in [2.45, 2.75) is 38.0 Å². The summed E-state index contributed by atoms with van der Waals surface area (Å²) in [6.45, 7) is 2.30. The fraction of sp³-hybridized carbons (Fsp3) is 0.186. The highest BCUT2D eigenvalue weighted by atomic mass is 16.5. The van der Waals surface area contributed by atoms with Gasteiger partial charge in [0.2, 0.25) is 0 Å². The first-order valence-corrected chi connectivity index (χ1v) is 17.5. The minimum absolute atomic E-state index is 0.0335. The lowest BCUT2D eigenvalue weighted by Gasteiger charge is -2.29. The van der Waals surface area contributed by atoms with Gasteiger partial charge in [-0.25, -0.2) is 0 Å². The average Bonchev–Trinajstić information content (AvgIpc) is 3.81. The van der Waals surface area contributed by atoms with Crippen LogP contribution in [0.25, 0.3) is 21.5 Å². The van der Waals surface area contributed by atoms with Crippen molar-refractivity contribution in [3.8, 4) is 0 Å². The zero-order valence-electron chi connectivity index (χ0n) is 27.9. The lowest BCUT2D eigenvalue weighted by Crippen LogP contribution is -2.43. The molecule has 6 aromatic carbocycles. The first-order chi connectivity index (χ1) is 24.9. The van der Waals surface area contributed by atoms with E-state index in [-0.39, 0.29) is 36.4 Å². The highest BCUT2D eigenvalue weighted by molar-refractivity contribution is 6.29. The Balaban J connectivity index is 1.02. The SMILES string of the molecule is C[C@@H]1C[C@H](CCO)O[C@@]12C(=O)N(Cc1ccc(N3C(=O)c4cccc5cccc3c45)cc1)c1ccc(N3C(=O)c4cccc5cccc3c45)cc12. The van der Waals surface area contributed by atoms with Crippen molar-refractivity contribution in [1.82, 2.24) is 0 Å². The molecule has 1 saturated heterocycles. The molecule has 0 bridgehead atoms. The maximum Gasteiger partial charge on any atom is 0.264 e. The Morgan fingerprint density at radius 2 is 1.27 bits per heavy atom. The number of aliphatic hydroxyl groups is 1. The number of aliphatic hydroxyl groups excluding tert-OH is 1. The summed E-state index contributed by atoms with van der Waals surface area (Å²) in [7, 11) is 0. The predicted octanol–water partition coefficient (Wildman–Crippen LogP) is 8.13. The topological polar surface area (TPSA) is 90.4 Å². The van der Waals surface area contributed by atoms with Crippen LogP contribution in [0.5, 0.6) is 0 Å². The van der Waals surface area contributed by atoms with Crippen LogP contribution >= 0.6 is 0 Å². The third-order valence-corrected chi connectivity index (χ3v) is 11.3. The average molecular weight is 672 g/mol. The van der Waals surface area contributed by atoms with Gasteiger partial charge >= 0.3 is 0 Å². The van der Waals surface area contributed by atoms with Crippen molar-refractivity contribution in [3.05, 3.63) is 138 Å². The number of hydrogen-bond acceptors (Lipinski definition) is 5. The van der Waals surface area contributed by atoms with E-state index in [2.05, 4.69) is 0 Å². The van der Waals surface area contributed by atoms with Gasteiger partial charge in [-0.1, -0.05) is 67.6 Å². The molecule has 4 heterocycles. The number of ether oxygens (including phenoxy) is 1. The standard InChI is InChI=1S/C43H33N3O5/c1-25-22-31(20-21-47)51-43(25)34-23-30(46-37-13-5-9-28-7-3-11-33(39(28)37)41(46)49)18-19-35(34)44(42(43)50)24-26-14-16-29(17-15-26)45-36-12-4-8-27-6-2-10-32(38(27)36)40(45)48/h2-19,23,25,31,47H,20-22,24H2,1H3/t25-,31+,43+/m1/s1. The summed E-state index contributed by atoms with van der Waals surface area (Å²) < 4.78 is 6.69. The van der Waals surface area contributed by atoms with E-state index in [1.165, 1.54) is 0 Å². The first kappa shape index (κ1) is 30.0. The normalized spacial score (nSPS) is 21.7. The van der Waals surface area contributed by atoms with E-state index in [0.717, 1.165) is 55.4 Å². The number of anilines is 5. The molecule has 8 nitrogen and oxygen atoms in total. The number of carbonyl (C=O) groups is 3. The van der Waals surface area contributed by atoms with Gasteiger partial charge in [0.05, 0.1) is 40.8 Å². The highest BCUT2D eigenvalue weighted by Gasteiger charge is 2.60. The molecule has 51 heavy (non-hydrogen) atoms. The number of rotatable bonds is 6. The van der Waals surface area contributed by atoms with Gasteiger partial charge < -0.3 is 14.7 Å². The summed E-state index contributed by atoms with van der Waals surface area (Å²) in [5.41, 5.74) is 5.58. The predicted molar refractivity (Wildman–Crippen MR) is 197 cm³/mol. The van der Waals surface area contributed by atoms with Gasteiger partial charge in [0.1, 0.15) is 0 Å². The van der Waals surface area contributed by atoms with Crippen molar-refractivity contribution < 1.29 is 24.2 Å². The summed E-state index contributed by atoms with van der Waals surface area (Å²) in [4.78, 5) is 47.4. The first-order valence-electron chi connectivity index (χ1n) is 17.5. The second-order valence-electron chi connectivity index (χ2n) is 14.0. The maximum absolute atomic E-state index is 14.7. The van der Waals surface area contributed by atoms with E-state index >= 15 is 0 Å². The smallest absolute Gasteiger partial charge is 0.264 e. The molecule has 250 valence electrons. The minimum atomic E-state index is -1.25. The Labute approximate surface area is 294 Å². The van der Waals surface area contributed by atoms with Crippen LogP contribution in [0.15, 0.2) is 115 Å². The van der Waals surface area contributed by atoms with E-state index in [9.17, 15) is 19.5 Å². The zero-order valence-corrected chi connectivity index (χ0v) is 27.9. The Hall–Kier alpha value is -5.83. The van der Waals surface area contributed by atoms with Gasteiger partial charge in [0.25, 0.3) is 17.7 Å². The van der Waals surface area contributed by atoms with Crippen LogP contribution in [0.4, 0.5) is 28.4 Å². The van der Waals surface area contributed by atoms with E-state index in [4.69, 9.17) is 4.74 Å². The third-order valence-electron chi connectivity index (χ3n) is 11.3. The molecule has 0 unspecified atom stereocenters. The van der Waals surface area contributed by atoms with Gasteiger partial charge in [-0.15, -0.1) is 0 Å². The molecule has 3 amide bonds. The Morgan fingerprint density at radius 3 is 1.88 bits per heavy atom. The summed E-state index contributed by atoms with van der Waals surface area (Å²) in [6.07, 6.45) is 0.790. The van der Waals surface area contributed by atoms with Crippen LogP contribution in [-0.2, 0) is 21.7 Å². The molecule has 0 radical (unpaired) electrons. The monoisotopic (exact) mass is 671 g/mol. The molecule has 10 rings (SSSR count). The summed E-state index contributed by atoms with van der Waals surface area (Å²) >= 11 is 0. The number of carbonyl (C=O) groups excluding carboxylic acids is 3. The Bertz CT molecular complexity index is 2480. The van der Waals surface area contributed by atoms with Crippen molar-refractivity contribution in [3.63, 3.8) is 0 Å². The molecule has 1 N–H and O–H groups in total. The number of nitrogens with zero attached hydrogens (tertiary/aromatic N) is 3. The molecule has 3 atom stereocenters. The van der Waals surface area contributed by atoms with E-state index in [1.54, 1.807) is 14.7 Å². The summed E-state index contributed by atoms with van der Waals surface area (Å²) in [5.74, 6) is -0.479. The highest BCUT2D eigenvalue weighted by Crippen LogP contribution is 2.55. The van der Waals surface area contributed by atoms with Crippen LogP contribution in [-0.4, -0.2) is 35.5 Å². The van der Waals surface area contributed by atoms with Gasteiger partial charge in [0, 0.05) is 40.2 Å². The van der Waals surface area contributed by atoms with Gasteiger partial charge in [-0.05, 0) is 83.8 Å². The quantitative estimate of drug-likeness (QED) is 0.193. The fourth-order valence-electron chi connectivity index (χ4n) is 8.95. The van der Waals surface area contributed by atoms with Crippen LogP contribution in [0, 0.1) is 5.92 Å². The molecule has 0 aliphatic carbocycles. The molecular formula is C43H33N3O5. The molecule has 4 aliphatic rings. The van der Waals surface area contributed by atoms with E-state index < -0.39 is 5.60 Å². The summed E-state index contributed by atoms with van der Waals surface area (Å²) in [6, 6.07) is 37.1. The molecule has 0 saturated carbocycles. The van der Waals surface area contributed by atoms with Gasteiger partial charge in [-0.3, -0.25) is 24.2 Å². The summed E-state index contributed by atoms with van der Waals surface area (Å²) in [5, 5.41) is 13.7. The van der Waals surface area contributed by atoms with Crippen LogP contribution in [0.2, 0.25) is 0 Å². The van der Waals surface area contributed by atoms with Gasteiger partial charge in [-0.2, -0.15) is 0 Å². The third kappa shape index (κ3) is 4.06. The number of amides is 3. The van der Waals surface area contributed by atoms with Crippen LogP contribution in [0.1, 0.15) is 51.6 Å². The Morgan fingerprint density at radius 1 is 0.706 bits per heavy atom. The molecule has 6 aromatic rings. The zero-order chi connectivity index (χ0) is 34.6. The van der Waals surface area contributed by atoms with Crippen molar-refractivity contribution in [2.24, 2.45) is 5.92 Å². The maximum atomic E-state index is 14.7. The molecule has 1 spiro atoms. The van der Waals surface area contributed by atoms with Crippen LogP contribution < -0.4 is 14.7 Å². The molecule has 8 heteroatoms. The fourth-order valence-corrected chi connectivity index (χ4v) is 8.95. The molecule has 4 aliphatic heterocycles. The lowest BCUT2D eigenvalue weighted by molar-refractivity contribution is -0.146. The largest absolute Gasteiger partial charge is 0.396 e. The molecular weight excluding hydrogens is 638 g/mol.